The lowest BCUT2D eigenvalue weighted by Gasteiger charge is -2.14. The van der Waals surface area contributed by atoms with Crippen molar-refractivity contribution in [3.63, 3.8) is 0 Å². The molecule has 1 aliphatic heterocycles. The predicted octanol–water partition coefficient (Wildman–Crippen LogP) is 1.09. The van der Waals surface area contributed by atoms with Crippen LogP contribution in [0.1, 0.15) is 24.6 Å². The average Bonchev–Trinajstić information content (AvgIpc) is 2.84. The summed E-state index contributed by atoms with van der Waals surface area (Å²) in [7, 11) is 1.87. The van der Waals surface area contributed by atoms with Crippen molar-refractivity contribution in [3.05, 3.63) is 11.3 Å². The molecule has 1 saturated heterocycles. The Kier molecular flexibility index (Phi) is 3.82. The second-order valence-electron chi connectivity index (χ2n) is 4.40. The number of ether oxygens (including phenoxy) is 1. The van der Waals surface area contributed by atoms with Crippen molar-refractivity contribution in [3.8, 4) is 0 Å². The lowest BCUT2D eigenvalue weighted by atomic mass is 10.2. The van der Waals surface area contributed by atoms with Crippen LogP contribution in [0.25, 0.3) is 0 Å². The molecule has 1 aromatic rings. The van der Waals surface area contributed by atoms with Gasteiger partial charge in [0.15, 0.2) is 5.84 Å². The third-order valence-electron chi connectivity index (χ3n) is 3.10. The Bertz CT molecular complexity index is 472. The maximum atomic E-state index is 8.85. The zero-order chi connectivity index (χ0) is 13.3. The molecule has 2 unspecified atom stereocenters. The standard InChI is InChI=1S/C11H18N4O2S/c1-6-9(10(12)14-16)11(15(3)13-6)18-8-4-5-17-7(8)2/h7-8,16H,4-5H2,1-3H3,(H2,12,14). The van der Waals surface area contributed by atoms with Gasteiger partial charge in [0.2, 0.25) is 0 Å². The van der Waals surface area contributed by atoms with Crippen LogP contribution >= 0.6 is 11.8 Å². The highest BCUT2D eigenvalue weighted by Crippen LogP contribution is 2.35. The molecule has 7 heteroatoms. The third kappa shape index (κ3) is 2.32. The number of nitrogens with zero attached hydrogens (tertiary/aromatic N) is 3. The maximum absolute atomic E-state index is 8.85. The largest absolute Gasteiger partial charge is 0.409 e. The third-order valence-corrected chi connectivity index (χ3v) is 4.72. The Hall–Kier alpha value is -1.21. The van der Waals surface area contributed by atoms with Crippen LogP contribution in [0.3, 0.4) is 0 Å². The molecule has 1 aromatic heterocycles. The van der Waals surface area contributed by atoms with E-state index < -0.39 is 0 Å². The molecule has 0 bridgehead atoms. The molecule has 0 radical (unpaired) electrons. The van der Waals surface area contributed by atoms with Crippen molar-refractivity contribution in [2.24, 2.45) is 17.9 Å². The molecule has 0 amide bonds. The second-order valence-corrected chi connectivity index (χ2v) is 5.62. The molecule has 6 nitrogen and oxygen atoms in total. The number of hydrogen-bond donors (Lipinski definition) is 2. The summed E-state index contributed by atoms with van der Waals surface area (Å²) >= 11 is 1.68. The van der Waals surface area contributed by atoms with Crippen molar-refractivity contribution in [1.82, 2.24) is 9.78 Å². The van der Waals surface area contributed by atoms with Crippen LogP contribution in [-0.2, 0) is 11.8 Å². The summed E-state index contributed by atoms with van der Waals surface area (Å²) in [4.78, 5) is 0. The number of aromatic nitrogens is 2. The first-order chi connectivity index (χ1) is 8.54. The minimum absolute atomic E-state index is 0.106. The fourth-order valence-electron chi connectivity index (χ4n) is 2.13. The van der Waals surface area contributed by atoms with Crippen LogP contribution in [0.4, 0.5) is 0 Å². The molecule has 0 aromatic carbocycles. The number of hydrogen-bond acceptors (Lipinski definition) is 5. The monoisotopic (exact) mass is 270 g/mol. The van der Waals surface area contributed by atoms with Gasteiger partial charge < -0.3 is 15.7 Å². The van der Waals surface area contributed by atoms with Gasteiger partial charge in [-0.25, -0.2) is 0 Å². The average molecular weight is 270 g/mol. The van der Waals surface area contributed by atoms with Gasteiger partial charge in [-0.1, -0.05) is 16.9 Å². The van der Waals surface area contributed by atoms with Gasteiger partial charge in [-0.3, -0.25) is 4.68 Å². The van der Waals surface area contributed by atoms with Gasteiger partial charge in [0.25, 0.3) is 0 Å². The first-order valence-corrected chi connectivity index (χ1v) is 6.72. The summed E-state index contributed by atoms with van der Waals surface area (Å²) < 4.78 is 7.33. The van der Waals surface area contributed by atoms with E-state index in [0.717, 1.165) is 23.7 Å². The molecule has 0 saturated carbocycles. The quantitative estimate of drug-likeness (QED) is 0.372. The molecule has 1 fully saturated rings. The molecule has 18 heavy (non-hydrogen) atoms. The molecule has 0 aliphatic carbocycles. The maximum Gasteiger partial charge on any atom is 0.174 e. The molecule has 3 N–H and O–H groups in total. The summed E-state index contributed by atoms with van der Waals surface area (Å²) in [6, 6.07) is 0. The van der Waals surface area contributed by atoms with Crippen molar-refractivity contribution in [2.45, 2.75) is 36.6 Å². The van der Waals surface area contributed by atoms with Gasteiger partial charge in [0.1, 0.15) is 5.03 Å². The van der Waals surface area contributed by atoms with Gasteiger partial charge in [-0.05, 0) is 20.3 Å². The lowest BCUT2D eigenvalue weighted by molar-refractivity contribution is 0.127. The molecular formula is C11H18N4O2S. The Morgan fingerprint density at radius 2 is 2.39 bits per heavy atom. The molecule has 2 heterocycles. The number of oxime groups is 1. The topological polar surface area (TPSA) is 85.7 Å². The normalized spacial score (nSPS) is 24.7. The smallest absolute Gasteiger partial charge is 0.174 e. The van der Waals surface area contributed by atoms with E-state index in [2.05, 4.69) is 17.2 Å². The Balaban J connectivity index is 2.32. The predicted molar refractivity (Wildman–Crippen MR) is 70.1 cm³/mol. The summed E-state index contributed by atoms with van der Waals surface area (Å²) in [5.41, 5.74) is 7.20. The number of thioether (sulfide) groups is 1. The van der Waals surface area contributed by atoms with Gasteiger partial charge in [-0.2, -0.15) is 5.10 Å². The van der Waals surface area contributed by atoms with Gasteiger partial charge >= 0.3 is 0 Å². The highest BCUT2D eigenvalue weighted by atomic mass is 32.2. The first kappa shape index (κ1) is 13.2. The fraction of sp³-hybridized carbons (Fsp3) is 0.636. The summed E-state index contributed by atoms with van der Waals surface area (Å²) in [6.45, 7) is 4.71. The van der Waals surface area contributed by atoms with E-state index in [9.17, 15) is 0 Å². The van der Waals surface area contributed by atoms with Crippen LogP contribution in [0.15, 0.2) is 10.2 Å². The van der Waals surface area contributed by atoms with E-state index in [-0.39, 0.29) is 11.9 Å². The van der Waals surface area contributed by atoms with Gasteiger partial charge in [0, 0.05) is 18.9 Å². The zero-order valence-electron chi connectivity index (χ0n) is 10.8. The van der Waals surface area contributed by atoms with Crippen molar-refractivity contribution in [2.75, 3.05) is 6.61 Å². The van der Waals surface area contributed by atoms with Crippen LogP contribution in [0, 0.1) is 6.92 Å². The summed E-state index contributed by atoms with van der Waals surface area (Å²) in [5.74, 6) is 0.106. The second kappa shape index (κ2) is 5.19. The Labute approximate surface area is 110 Å². The van der Waals surface area contributed by atoms with Crippen LogP contribution < -0.4 is 5.73 Å². The van der Waals surface area contributed by atoms with Crippen LogP contribution in [0.5, 0.6) is 0 Å². The van der Waals surface area contributed by atoms with Gasteiger partial charge in [0.05, 0.1) is 17.4 Å². The zero-order valence-corrected chi connectivity index (χ0v) is 11.6. The lowest BCUT2D eigenvalue weighted by Crippen LogP contribution is -2.18. The molecule has 0 spiro atoms. The number of aryl methyl sites for hydroxylation is 2. The molecule has 2 atom stereocenters. The summed E-state index contributed by atoms with van der Waals surface area (Å²) in [5, 5.41) is 17.6. The summed E-state index contributed by atoms with van der Waals surface area (Å²) in [6.07, 6.45) is 1.22. The van der Waals surface area contributed by atoms with E-state index in [1.54, 1.807) is 16.4 Å². The molecule has 2 rings (SSSR count). The van der Waals surface area contributed by atoms with E-state index in [1.165, 1.54) is 0 Å². The van der Waals surface area contributed by atoms with Crippen LogP contribution in [-0.4, -0.2) is 38.8 Å². The van der Waals surface area contributed by atoms with E-state index >= 15 is 0 Å². The SMILES string of the molecule is Cc1nn(C)c(SC2CCOC2C)c1C(N)=NO. The van der Waals surface area contributed by atoms with E-state index in [1.807, 2.05) is 14.0 Å². The van der Waals surface area contributed by atoms with Crippen LogP contribution in [0.2, 0.25) is 0 Å². The highest BCUT2D eigenvalue weighted by molar-refractivity contribution is 8.00. The van der Waals surface area contributed by atoms with Gasteiger partial charge in [-0.15, -0.1) is 0 Å². The van der Waals surface area contributed by atoms with Crippen molar-refractivity contribution < 1.29 is 9.94 Å². The first-order valence-electron chi connectivity index (χ1n) is 5.84. The Morgan fingerprint density at radius 3 is 2.94 bits per heavy atom. The van der Waals surface area contributed by atoms with E-state index in [0.29, 0.717) is 10.8 Å². The number of rotatable bonds is 3. The van der Waals surface area contributed by atoms with Crippen molar-refractivity contribution >= 4 is 17.6 Å². The molecular weight excluding hydrogens is 252 g/mol. The van der Waals surface area contributed by atoms with E-state index in [4.69, 9.17) is 15.7 Å². The molecule has 1 aliphatic rings. The van der Waals surface area contributed by atoms with Crippen molar-refractivity contribution in [1.29, 1.82) is 0 Å². The molecule has 100 valence electrons. The number of nitrogens with two attached hydrogens (primary N) is 1. The minimum atomic E-state index is 0.106. The minimum Gasteiger partial charge on any atom is -0.409 e. The fourth-order valence-corrected chi connectivity index (χ4v) is 3.46. The number of amidine groups is 1. The Morgan fingerprint density at radius 1 is 1.67 bits per heavy atom. The highest BCUT2D eigenvalue weighted by Gasteiger charge is 2.28.